The number of para-hydroxylation sites is 8. The first kappa shape index (κ1) is 51.0. The number of rotatable bonds is 15. The van der Waals surface area contributed by atoms with Crippen LogP contribution in [0.2, 0.25) is 0 Å². The van der Waals surface area contributed by atoms with Crippen molar-refractivity contribution in [2.24, 2.45) is 0 Å². The molecule has 4 nitrogen and oxygen atoms in total. The summed E-state index contributed by atoms with van der Waals surface area (Å²) < 4.78 is 0. The number of hydrogen-bond acceptors (Lipinski definition) is 4. The minimum absolute atomic E-state index is 1.03. The molecule has 0 bridgehead atoms. The highest BCUT2D eigenvalue weighted by molar-refractivity contribution is 6.10. The molecule has 0 unspecified atom stereocenters. The van der Waals surface area contributed by atoms with Crippen molar-refractivity contribution >= 4 is 89.8 Å². The van der Waals surface area contributed by atoms with Crippen LogP contribution in [0, 0.1) is 0 Å². The zero-order chi connectivity index (χ0) is 56.0. The van der Waals surface area contributed by atoms with Gasteiger partial charge in [-0.25, -0.2) is 0 Å². The fraction of sp³-hybridized carbons (Fsp3) is 0. The Hall–Kier alpha value is -11.2. The third-order valence-electron chi connectivity index (χ3n) is 15.8. The molecule has 0 heterocycles. The van der Waals surface area contributed by atoms with Crippen LogP contribution in [0.1, 0.15) is 0 Å². The SMILES string of the molecule is c1ccc(N(c2ccccc2)c2ccc(-c3ccc4cc(N(c5ccccc5)c5cccc(-c6ccc(-c7ccc(N(c8ccccc8)c8ccccc8)cc7)c7ccccc67)c5N(c5ccccc5)c5ccccc5)ccc4c3)cc2)cc1. The summed E-state index contributed by atoms with van der Waals surface area (Å²) in [4.78, 5) is 9.48. The molecule has 84 heavy (non-hydrogen) atoms. The van der Waals surface area contributed by atoms with E-state index >= 15 is 0 Å². The summed E-state index contributed by atoms with van der Waals surface area (Å²) in [5.74, 6) is 0. The molecule has 0 fully saturated rings. The molecule has 0 aromatic heterocycles. The fourth-order valence-electron chi connectivity index (χ4n) is 11.9. The van der Waals surface area contributed by atoms with Gasteiger partial charge in [-0.05, 0) is 183 Å². The Labute approximate surface area is 491 Å². The molecule has 0 spiro atoms. The Morgan fingerprint density at radius 3 is 0.964 bits per heavy atom. The largest absolute Gasteiger partial charge is 0.311 e. The van der Waals surface area contributed by atoms with E-state index in [9.17, 15) is 0 Å². The summed E-state index contributed by atoms with van der Waals surface area (Å²) in [5.41, 5.74) is 19.8. The van der Waals surface area contributed by atoms with Crippen LogP contribution >= 0.6 is 0 Å². The van der Waals surface area contributed by atoms with Gasteiger partial charge in [-0.15, -0.1) is 0 Å². The van der Waals surface area contributed by atoms with Crippen molar-refractivity contribution in [2.45, 2.75) is 0 Å². The molecule has 0 N–H and O–H groups in total. The van der Waals surface area contributed by atoms with E-state index in [0.717, 1.165) is 101 Å². The normalized spacial score (nSPS) is 11.1. The van der Waals surface area contributed by atoms with Gasteiger partial charge in [0.1, 0.15) is 0 Å². The van der Waals surface area contributed by atoms with Gasteiger partial charge in [0.15, 0.2) is 0 Å². The monoisotopic (exact) mass is 1070 g/mol. The van der Waals surface area contributed by atoms with Crippen molar-refractivity contribution in [3.63, 3.8) is 0 Å². The molecule has 0 aliphatic carbocycles. The van der Waals surface area contributed by atoms with Crippen LogP contribution < -0.4 is 19.6 Å². The van der Waals surface area contributed by atoms with Crippen LogP contribution in [0.15, 0.2) is 352 Å². The number of benzene rings is 14. The summed E-state index contributed by atoms with van der Waals surface area (Å²) in [6, 6.07) is 127. The van der Waals surface area contributed by atoms with Crippen molar-refractivity contribution in [1.82, 2.24) is 0 Å². The lowest BCUT2D eigenvalue weighted by molar-refractivity contribution is 1.23. The van der Waals surface area contributed by atoms with Crippen LogP contribution in [0.25, 0.3) is 54.9 Å². The van der Waals surface area contributed by atoms with Crippen LogP contribution in [0.5, 0.6) is 0 Å². The summed E-state index contributed by atoms with van der Waals surface area (Å²) >= 11 is 0. The zero-order valence-corrected chi connectivity index (χ0v) is 46.3. The topological polar surface area (TPSA) is 13.0 Å². The van der Waals surface area contributed by atoms with E-state index in [0.29, 0.717) is 0 Å². The Morgan fingerprint density at radius 1 is 0.167 bits per heavy atom. The summed E-state index contributed by atoms with van der Waals surface area (Å²) in [6.45, 7) is 0. The Morgan fingerprint density at radius 2 is 0.500 bits per heavy atom. The molecule has 14 aromatic rings. The molecular formula is C80H58N4. The number of anilines is 12. The first-order chi connectivity index (χ1) is 41.7. The Balaban J connectivity index is 0.889. The van der Waals surface area contributed by atoms with Crippen molar-refractivity contribution in [3.8, 4) is 33.4 Å². The smallest absolute Gasteiger partial charge is 0.0781 e. The Kier molecular flexibility index (Phi) is 14.0. The van der Waals surface area contributed by atoms with Gasteiger partial charge < -0.3 is 19.6 Å². The van der Waals surface area contributed by atoms with E-state index in [2.05, 4.69) is 371 Å². The van der Waals surface area contributed by atoms with Gasteiger partial charge in [-0.2, -0.15) is 0 Å². The molecule has 398 valence electrons. The fourth-order valence-corrected chi connectivity index (χ4v) is 11.9. The number of hydrogen-bond donors (Lipinski definition) is 0. The van der Waals surface area contributed by atoms with Gasteiger partial charge in [0.05, 0.1) is 11.4 Å². The van der Waals surface area contributed by atoms with Gasteiger partial charge in [-0.1, -0.05) is 218 Å². The second kappa shape index (κ2) is 23.1. The minimum Gasteiger partial charge on any atom is -0.311 e. The van der Waals surface area contributed by atoms with Crippen LogP contribution in [0.4, 0.5) is 68.2 Å². The van der Waals surface area contributed by atoms with E-state index in [1.54, 1.807) is 0 Å². The van der Waals surface area contributed by atoms with E-state index in [1.807, 2.05) is 0 Å². The van der Waals surface area contributed by atoms with Crippen molar-refractivity contribution < 1.29 is 0 Å². The summed E-state index contributed by atoms with van der Waals surface area (Å²) in [7, 11) is 0. The third kappa shape index (κ3) is 10.1. The van der Waals surface area contributed by atoms with Gasteiger partial charge in [0, 0.05) is 62.4 Å². The van der Waals surface area contributed by atoms with Crippen LogP contribution in [-0.2, 0) is 0 Å². The highest BCUT2D eigenvalue weighted by Crippen LogP contribution is 2.52. The van der Waals surface area contributed by atoms with Gasteiger partial charge in [0.25, 0.3) is 0 Å². The maximum atomic E-state index is 2.44. The molecule has 0 aliphatic heterocycles. The molecule has 14 rings (SSSR count). The second-order valence-corrected chi connectivity index (χ2v) is 20.9. The van der Waals surface area contributed by atoms with E-state index in [4.69, 9.17) is 0 Å². The molecule has 0 atom stereocenters. The zero-order valence-electron chi connectivity index (χ0n) is 46.3. The second-order valence-electron chi connectivity index (χ2n) is 20.9. The quantitative estimate of drug-likeness (QED) is 0.101. The molecule has 0 saturated carbocycles. The van der Waals surface area contributed by atoms with Crippen molar-refractivity contribution in [3.05, 3.63) is 352 Å². The molecule has 0 aliphatic rings. The lowest BCUT2D eigenvalue weighted by Crippen LogP contribution is -2.18. The van der Waals surface area contributed by atoms with E-state index < -0.39 is 0 Å². The number of fused-ring (bicyclic) bond motifs is 2. The van der Waals surface area contributed by atoms with E-state index in [1.165, 1.54) is 21.7 Å². The highest BCUT2D eigenvalue weighted by atomic mass is 15.2. The lowest BCUT2D eigenvalue weighted by atomic mass is 9.90. The average Bonchev–Trinajstić information content (AvgIpc) is 2.48. The van der Waals surface area contributed by atoms with Gasteiger partial charge in [-0.3, -0.25) is 0 Å². The highest BCUT2D eigenvalue weighted by Gasteiger charge is 2.27. The Bertz CT molecular complexity index is 4390. The molecule has 0 radical (unpaired) electrons. The molecule has 4 heteroatoms. The van der Waals surface area contributed by atoms with Crippen LogP contribution in [0.3, 0.4) is 0 Å². The molecule has 14 aromatic carbocycles. The first-order valence-electron chi connectivity index (χ1n) is 28.7. The third-order valence-corrected chi connectivity index (χ3v) is 15.8. The van der Waals surface area contributed by atoms with Crippen LogP contribution in [-0.4, -0.2) is 0 Å². The molecule has 0 saturated heterocycles. The van der Waals surface area contributed by atoms with Crippen molar-refractivity contribution in [2.75, 3.05) is 19.6 Å². The maximum Gasteiger partial charge on any atom is 0.0781 e. The average molecular weight is 1080 g/mol. The van der Waals surface area contributed by atoms with Gasteiger partial charge >= 0.3 is 0 Å². The first-order valence-corrected chi connectivity index (χ1v) is 28.7. The standard InChI is InChI=1S/C80H58N4/c1-8-25-64(26-9-1)81(65-27-10-2-11-28-65)71-50-45-59(46-51-71)61-43-44-63-58-73(54-49-62(63)57-61)83(68-33-16-5-17-34-68)79-42-24-41-78(80(79)84(69-35-18-6-19-36-69)70-37-20-7-21-38-70)77-56-55-74(75-39-22-23-40-76(75)77)60-47-52-72(53-48-60)82(66-29-12-3-13-30-66)67-31-14-4-15-32-67/h1-58H. The molecular weight excluding hydrogens is 1020 g/mol. The lowest BCUT2D eigenvalue weighted by Gasteiger charge is -2.35. The predicted octanol–water partition coefficient (Wildman–Crippen LogP) is 22.9. The summed E-state index contributed by atoms with van der Waals surface area (Å²) in [5, 5.41) is 4.66. The summed E-state index contributed by atoms with van der Waals surface area (Å²) in [6.07, 6.45) is 0. The predicted molar refractivity (Wildman–Crippen MR) is 356 cm³/mol. The van der Waals surface area contributed by atoms with E-state index in [-0.39, 0.29) is 0 Å². The van der Waals surface area contributed by atoms with Gasteiger partial charge in [0.2, 0.25) is 0 Å². The minimum atomic E-state index is 1.03. The maximum absolute atomic E-state index is 2.44. The number of nitrogens with zero attached hydrogens (tertiary/aromatic N) is 4. The molecule has 0 amide bonds. The van der Waals surface area contributed by atoms with Crippen molar-refractivity contribution in [1.29, 1.82) is 0 Å².